The van der Waals surface area contributed by atoms with Crippen LogP contribution in [0.4, 0.5) is 0 Å². The second-order valence-electron chi connectivity index (χ2n) is 3.39. The number of hydrogen-bond donors (Lipinski definition) is 0. The van der Waals surface area contributed by atoms with E-state index in [0.29, 0.717) is 6.42 Å². The van der Waals surface area contributed by atoms with Gasteiger partial charge in [-0.2, -0.15) is 17.0 Å². The molecule has 0 saturated heterocycles. The number of thioether (sulfide) groups is 1. The van der Waals surface area contributed by atoms with Gasteiger partial charge in [0.05, 0.1) is 6.07 Å². The van der Waals surface area contributed by atoms with Crippen LogP contribution in [0.2, 0.25) is 0 Å². The molecule has 0 radical (unpaired) electrons. The van der Waals surface area contributed by atoms with Gasteiger partial charge in [-0.15, -0.1) is 0 Å². The lowest BCUT2D eigenvalue weighted by atomic mass is 10.4. The van der Waals surface area contributed by atoms with Gasteiger partial charge in [0.1, 0.15) is 0 Å². The summed E-state index contributed by atoms with van der Waals surface area (Å²) in [6.45, 7) is 3.55. The zero-order chi connectivity index (χ0) is 12.1. The van der Waals surface area contributed by atoms with Gasteiger partial charge in [-0.1, -0.05) is 6.92 Å². The number of rotatable bonds is 6. The Balaban J connectivity index is 4.81. The molecule has 2 atom stereocenters. The fraction of sp³-hybridized carbons (Fsp3) is 0.889. The van der Waals surface area contributed by atoms with Gasteiger partial charge in [-0.05, 0) is 19.6 Å². The highest BCUT2D eigenvalue weighted by molar-refractivity contribution is 7.98. The minimum atomic E-state index is -3.46. The third kappa shape index (κ3) is 3.67. The van der Waals surface area contributed by atoms with Crippen molar-refractivity contribution in [1.82, 2.24) is 4.31 Å². The van der Waals surface area contributed by atoms with Gasteiger partial charge >= 0.3 is 0 Å². The maximum Gasteiger partial charge on any atom is 0.230 e. The van der Waals surface area contributed by atoms with Gasteiger partial charge in [-0.25, -0.2) is 12.7 Å². The molecule has 4 nitrogen and oxygen atoms in total. The highest BCUT2D eigenvalue weighted by Gasteiger charge is 2.30. The van der Waals surface area contributed by atoms with Crippen LogP contribution in [-0.4, -0.2) is 43.1 Å². The van der Waals surface area contributed by atoms with E-state index in [-0.39, 0.29) is 6.04 Å². The van der Waals surface area contributed by atoms with Crippen LogP contribution in [0.3, 0.4) is 0 Å². The molecule has 0 saturated carbocycles. The molecule has 0 aliphatic rings. The van der Waals surface area contributed by atoms with E-state index in [1.165, 1.54) is 11.4 Å². The van der Waals surface area contributed by atoms with Crippen LogP contribution >= 0.6 is 11.8 Å². The van der Waals surface area contributed by atoms with Crippen molar-refractivity contribution in [2.45, 2.75) is 31.6 Å². The maximum absolute atomic E-state index is 11.9. The SMILES string of the molecule is CCC(C#N)S(=O)(=O)N(C)C(C)CSC. The average Bonchev–Trinajstić information content (AvgIpc) is 2.18. The lowest BCUT2D eigenvalue weighted by molar-refractivity contribution is 0.410. The van der Waals surface area contributed by atoms with E-state index in [2.05, 4.69) is 0 Å². The Morgan fingerprint density at radius 2 is 2.07 bits per heavy atom. The third-order valence-corrected chi connectivity index (χ3v) is 5.44. The normalized spacial score (nSPS) is 16.0. The van der Waals surface area contributed by atoms with E-state index in [9.17, 15) is 8.42 Å². The largest absolute Gasteiger partial charge is 0.230 e. The highest BCUT2D eigenvalue weighted by atomic mass is 32.2. The van der Waals surface area contributed by atoms with Crippen LogP contribution in [0.1, 0.15) is 20.3 Å². The minimum Gasteiger partial charge on any atom is -0.211 e. The lowest BCUT2D eigenvalue weighted by Gasteiger charge is -2.25. The van der Waals surface area contributed by atoms with Crippen LogP contribution in [0.5, 0.6) is 0 Å². The molecule has 0 heterocycles. The maximum atomic E-state index is 11.9. The molecular formula is C9H18N2O2S2. The summed E-state index contributed by atoms with van der Waals surface area (Å²) in [5.41, 5.74) is 0. The summed E-state index contributed by atoms with van der Waals surface area (Å²) in [6, 6.07) is 1.76. The fourth-order valence-electron chi connectivity index (χ4n) is 1.17. The quantitative estimate of drug-likeness (QED) is 0.713. The molecule has 88 valence electrons. The Morgan fingerprint density at radius 1 is 1.53 bits per heavy atom. The fourth-order valence-corrected chi connectivity index (χ4v) is 3.50. The van der Waals surface area contributed by atoms with E-state index >= 15 is 0 Å². The standard InChI is InChI=1S/C9H18N2O2S2/c1-5-9(6-10)15(12,13)11(3)8(2)7-14-4/h8-9H,5,7H2,1-4H3. The first kappa shape index (κ1) is 14.8. The van der Waals surface area contributed by atoms with Crippen molar-refractivity contribution < 1.29 is 8.42 Å². The van der Waals surface area contributed by atoms with Gasteiger partial charge in [0, 0.05) is 18.8 Å². The number of hydrogen-bond acceptors (Lipinski definition) is 4. The van der Waals surface area contributed by atoms with Crippen molar-refractivity contribution in [3.8, 4) is 6.07 Å². The molecule has 0 aliphatic carbocycles. The Labute approximate surface area is 96.7 Å². The number of nitriles is 1. The number of nitrogens with zero attached hydrogens (tertiary/aromatic N) is 2. The first-order valence-electron chi connectivity index (χ1n) is 4.77. The summed E-state index contributed by atoms with van der Waals surface area (Å²) in [5.74, 6) is 0.734. The van der Waals surface area contributed by atoms with Gasteiger partial charge in [0.2, 0.25) is 10.0 Å². The summed E-state index contributed by atoms with van der Waals surface area (Å²) in [4.78, 5) is 0. The first-order valence-corrected chi connectivity index (χ1v) is 7.66. The molecule has 15 heavy (non-hydrogen) atoms. The molecule has 0 aromatic rings. The lowest BCUT2D eigenvalue weighted by Crippen LogP contribution is -2.41. The predicted molar refractivity (Wildman–Crippen MR) is 64.2 cm³/mol. The van der Waals surface area contributed by atoms with Crippen LogP contribution in [0, 0.1) is 11.3 Å². The van der Waals surface area contributed by atoms with E-state index in [1.807, 2.05) is 19.2 Å². The number of sulfonamides is 1. The second kappa shape index (κ2) is 6.36. The Morgan fingerprint density at radius 3 is 2.40 bits per heavy atom. The smallest absolute Gasteiger partial charge is 0.211 e. The summed E-state index contributed by atoms with van der Waals surface area (Å²) in [5, 5.41) is 7.84. The van der Waals surface area contributed by atoms with E-state index in [4.69, 9.17) is 5.26 Å². The monoisotopic (exact) mass is 250 g/mol. The molecule has 0 aromatic heterocycles. The Bertz CT molecular complexity index is 321. The van der Waals surface area contributed by atoms with Crippen molar-refractivity contribution in [3.05, 3.63) is 0 Å². The van der Waals surface area contributed by atoms with E-state index in [1.54, 1.807) is 18.7 Å². The van der Waals surface area contributed by atoms with Gasteiger partial charge in [0.15, 0.2) is 5.25 Å². The molecule has 2 unspecified atom stereocenters. The molecule has 0 fully saturated rings. The Hall–Kier alpha value is -0.250. The predicted octanol–water partition coefficient (Wildman–Crippen LogP) is 1.30. The van der Waals surface area contributed by atoms with E-state index < -0.39 is 15.3 Å². The molecule has 0 spiro atoms. The second-order valence-corrected chi connectivity index (χ2v) is 6.48. The molecule has 6 heteroatoms. The summed E-state index contributed by atoms with van der Waals surface area (Å²) >= 11 is 1.59. The summed E-state index contributed by atoms with van der Waals surface area (Å²) in [7, 11) is -1.93. The summed E-state index contributed by atoms with van der Waals surface area (Å²) < 4.78 is 25.1. The molecule has 0 aliphatic heterocycles. The van der Waals surface area contributed by atoms with Gasteiger partial charge in [-0.3, -0.25) is 0 Å². The van der Waals surface area contributed by atoms with Crippen LogP contribution in [-0.2, 0) is 10.0 Å². The molecule has 0 rings (SSSR count). The van der Waals surface area contributed by atoms with Crippen LogP contribution < -0.4 is 0 Å². The average molecular weight is 250 g/mol. The van der Waals surface area contributed by atoms with E-state index in [0.717, 1.165) is 5.75 Å². The molecule has 0 amide bonds. The van der Waals surface area contributed by atoms with Crippen molar-refractivity contribution in [3.63, 3.8) is 0 Å². The van der Waals surface area contributed by atoms with Gasteiger partial charge < -0.3 is 0 Å². The molecule has 0 aromatic carbocycles. The zero-order valence-electron chi connectivity index (χ0n) is 9.60. The van der Waals surface area contributed by atoms with Crippen molar-refractivity contribution >= 4 is 21.8 Å². The molecule has 0 N–H and O–H groups in total. The first-order chi connectivity index (χ1) is 6.91. The third-order valence-electron chi connectivity index (χ3n) is 2.30. The molecule has 0 bridgehead atoms. The van der Waals surface area contributed by atoms with Crippen LogP contribution in [0.25, 0.3) is 0 Å². The Kier molecular flexibility index (Phi) is 6.25. The topological polar surface area (TPSA) is 61.2 Å². The van der Waals surface area contributed by atoms with Crippen molar-refractivity contribution in [2.75, 3.05) is 19.1 Å². The van der Waals surface area contributed by atoms with Crippen LogP contribution in [0.15, 0.2) is 0 Å². The van der Waals surface area contributed by atoms with Gasteiger partial charge in [0.25, 0.3) is 0 Å². The zero-order valence-corrected chi connectivity index (χ0v) is 11.2. The highest BCUT2D eigenvalue weighted by Crippen LogP contribution is 2.15. The van der Waals surface area contributed by atoms with Crippen molar-refractivity contribution in [1.29, 1.82) is 5.26 Å². The minimum absolute atomic E-state index is 0.0765. The summed E-state index contributed by atoms with van der Waals surface area (Å²) in [6.07, 6.45) is 2.26. The van der Waals surface area contributed by atoms with Crippen molar-refractivity contribution in [2.24, 2.45) is 0 Å². The molecular weight excluding hydrogens is 232 g/mol.